The highest BCUT2D eigenvalue weighted by Gasteiger charge is 2.21. The maximum Gasteiger partial charge on any atom is 0.142 e. The predicted octanol–water partition coefficient (Wildman–Crippen LogP) is 4.66. The summed E-state index contributed by atoms with van der Waals surface area (Å²) in [4.78, 5) is 0. The Bertz CT molecular complexity index is 659. The summed E-state index contributed by atoms with van der Waals surface area (Å²) in [6, 6.07) is 8.99. The molecule has 1 saturated carbocycles. The van der Waals surface area contributed by atoms with Gasteiger partial charge in [0, 0.05) is 24.2 Å². The zero-order valence-corrected chi connectivity index (χ0v) is 12.0. The monoisotopic (exact) mass is 309 g/mol. The average Bonchev–Trinajstić information content (AvgIpc) is 3.27. The van der Waals surface area contributed by atoms with Crippen molar-refractivity contribution in [2.45, 2.75) is 25.4 Å². The number of hydrogen-bond acceptors (Lipinski definition) is 2. The highest BCUT2D eigenvalue weighted by Crippen LogP contribution is 2.29. The van der Waals surface area contributed by atoms with Gasteiger partial charge in [-0.15, -0.1) is 0 Å². The van der Waals surface area contributed by atoms with Gasteiger partial charge in [0.2, 0.25) is 0 Å². The van der Waals surface area contributed by atoms with E-state index in [2.05, 4.69) is 5.32 Å². The van der Waals surface area contributed by atoms with Gasteiger partial charge in [-0.05, 0) is 43.2 Å². The number of nitrogens with one attached hydrogen (secondary N) is 1. The van der Waals surface area contributed by atoms with Gasteiger partial charge >= 0.3 is 0 Å². The van der Waals surface area contributed by atoms with Crippen LogP contribution >= 0.6 is 11.6 Å². The molecule has 5 heteroatoms. The Labute approximate surface area is 126 Å². The van der Waals surface area contributed by atoms with E-state index >= 15 is 0 Å². The van der Waals surface area contributed by atoms with Crippen LogP contribution in [0.25, 0.3) is 0 Å². The molecule has 2 aromatic rings. The van der Waals surface area contributed by atoms with Crippen molar-refractivity contribution in [3.63, 3.8) is 0 Å². The van der Waals surface area contributed by atoms with Crippen LogP contribution in [0.15, 0.2) is 36.4 Å². The number of halogens is 3. The second-order valence-corrected chi connectivity index (χ2v) is 5.49. The molecule has 0 unspecified atom stereocenters. The van der Waals surface area contributed by atoms with Crippen LogP contribution < -0.4 is 10.1 Å². The van der Waals surface area contributed by atoms with Gasteiger partial charge in [0.05, 0.1) is 5.02 Å². The molecule has 0 aromatic heterocycles. The molecule has 0 heterocycles. The molecule has 1 fully saturated rings. The number of benzene rings is 2. The zero-order valence-electron chi connectivity index (χ0n) is 11.2. The minimum atomic E-state index is -0.501. The first kappa shape index (κ1) is 14.3. The molecule has 0 atom stereocenters. The van der Waals surface area contributed by atoms with Gasteiger partial charge in [-0.2, -0.15) is 0 Å². The van der Waals surface area contributed by atoms with Crippen molar-refractivity contribution in [2.24, 2.45) is 0 Å². The fraction of sp³-hybridized carbons (Fsp3) is 0.250. The largest absolute Gasteiger partial charge is 0.457 e. The Morgan fingerprint density at radius 1 is 1.14 bits per heavy atom. The number of rotatable bonds is 5. The summed E-state index contributed by atoms with van der Waals surface area (Å²) < 4.78 is 32.2. The third-order valence-electron chi connectivity index (χ3n) is 3.30. The van der Waals surface area contributed by atoms with Crippen LogP contribution in [0.5, 0.6) is 11.5 Å². The van der Waals surface area contributed by atoms with Crippen LogP contribution in [0.3, 0.4) is 0 Å². The van der Waals surface area contributed by atoms with E-state index in [0.29, 0.717) is 24.1 Å². The highest BCUT2D eigenvalue weighted by atomic mass is 35.5. The van der Waals surface area contributed by atoms with Crippen molar-refractivity contribution >= 4 is 11.6 Å². The fourth-order valence-corrected chi connectivity index (χ4v) is 2.17. The summed E-state index contributed by atoms with van der Waals surface area (Å²) in [6.45, 7) is 0.534. The topological polar surface area (TPSA) is 21.3 Å². The van der Waals surface area contributed by atoms with Crippen LogP contribution in [0.2, 0.25) is 5.02 Å². The third-order valence-corrected chi connectivity index (χ3v) is 3.59. The SMILES string of the molecule is Fc1ccc(Oc2ccc(F)c(Cl)c2)c(CNC2CC2)c1. The van der Waals surface area contributed by atoms with Crippen LogP contribution in [-0.4, -0.2) is 6.04 Å². The van der Waals surface area contributed by atoms with Crippen molar-refractivity contribution in [3.05, 3.63) is 58.6 Å². The van der Waals surface area contributed by atoms with Gasteiger partial charge in [0.1, 0.15) is 23.1 Å². The van der Waals surface area contributed by atoms with Crippen LogP contribution in [0.1, 0.15) is 18.4 Å². The molecule has 0 saturated heterocycles. The van der Waals surface area contributed by atoms with E-state index in [1.165, 1.54) is 30.3 Å². The Kier molecular flexibility index (Phi) is 4.08. The predicted molar refractivity (Wildman–Crippen MR) is 77.7 cm³/mol. The molecule has 2 nitrogen and oxygen atoms in total. The Balaban J connectivity index is 1.80. The molecular formula is C16H14ClF2NO. The molecule has 2 aromatic carbocycles. The Morgan fingerprint density at radius 3 is 2.67 bits per heavy atom. The lowest BCUT2D eigenvalue weighted by atomic mass is 10.2. The summed E-state index contributed by atoms with van der Waals surface area (Å²) in [6.07, 6.45) is 2.30. The van der Waals surface area contributed by atoms with Gasteiger partial charge in [-0.3, -0.25) is 0 Å². The Morgan fingerprint density at radius 2 is 1.95 bits per heavy atom. The first-order valence-corrected chi connectivity index (χ1v) is 7.14. The van der Waals surface area contributed by atoms with Crippen molar-refractivity contribution in [1.29, 1.82) is 0 Å². The first-order valence-electron chi connectivity index (χ1n) is 6.76. The van der Waals surface area contributed by atoms with E-state index in [9.17, 15) is 8.78 Å². The maximum atomic E-state index is 13.4. The van der Waals surface area contributed by atoms with E-state index in [4.69, 9.17) is 16.3 Å². The molecule has 0 radical (unpaired) electrons. The lowest BCUT2D eigenvalue weighted by Gasteiger charge is -2.12. The Hall–Kier alpha value is -1.65. The summed E-state index contributed by atoms with van der Waals surface area (Å²) in [5, 5.41) is 3.31. The van der Waals surface area contributed by atoms with E-state index in [1.807, 2.05) is 0 Å². The van der Waals surface area contributed by atoms with Crippen LogP contribution in [-0.2, 0) is 6.54 Å². The molecule has 1 aliphatic carbocycles. The standard InChI is InChI=1S/C16H14ClF2NO/c17-14-8-13(4-5-15(14)19)21-16-6-1-11(18)7-10(16)9-20-12-2-3-12/h1,4-8,12,20H,2-3,9H2. The quantitative estimate of drug-likeness (QED) is 0.867. The average molecular weight is 310 g/mol. The van der Waals surface area contributed by atoms with Gasteiger partial charge in [0.25, 0.3) is 0 Å². The lowest BCUT2D eigenvalue weighted by molar-refractivity contribution is 0.468. The zero-order chi connectivity index (χ0) is 14.8. The summed E-state index contributed by atoms with van der Waals surface area (Å²) >= 11 is 5.73. The summed E-state index contributed by atoms with van der Waals surface area (Å²) in [7, 11) is 0. The summed E-state index contributed by atoms with van der Waals surface area (Å²) in [5.74, 6) is 0.138. The third kappa shape index (κ3) is 3.71. The van der Waals surface area contributed by atoms with Crippen molar-refractivity contribution in [3.8, 4) is 11.5 Å². The minimum Gasteiger partial charge on any atom is -0.457 e. The molecule has 21 heavy (non-hydrogen) atoms. The number of hydrogen-bond donors (Lipinski definition) is 1. The second kappa shape index (κ2) is 6.00. The van der Waals surface area contributed by atoms with Crippen molar-refractivity contribution in [2.75, 3.05) is 0 Å². The van der Waals surface area contributed by atoms with Crippen molar-refractivity contribution < 1.29 is 13.5 Å². The smallest absolute Gasteiger partial charge is 0.142 e. The lowest BCUT2D eigenvalue weighted by Crippen LogP contribution is -2.15. The van der Waals surface area contributed by atoms with Gasteiger partial charge in [0.15, 0.2) is 0 Å². The van der Waals surface area contributed by atoms with E-state index in [-0.39, 0.29) is 10.8 Å². The molecular weight excluding hydrogens is 296 g/mol. The second-order valence-electron chi connectivity index (χ2n) is 5.09. The molecule has 0 bridgehead atoms. The molecule has 0 aliphatic heterocycles. The molecule has 0 amide bonds. The minimum absolute atomic E-state index is 0.00716. The molecule has 3 rings (SSSR count). The van der Waals surface area contributed by atoms with Crippen molar-refractivity contribution in [1.82, 2.24) is 5.32 Å². The molecule has 110 valence electrons. The maximum absolute atomic E-state index is 13.4. The van der Waals surface area contributed by atoms with E-state index < -0.39 is 5.82 Å². The molecule has 1 aliphatic rings. The first-order chi connectivity index (χ1) is 10.1. The molecule has 1 N–H and O–H groups in total. The highest BCUT2D eigenvalue weighted by molar-refractivity contribution is 6.30. The summed E-state index contributed by atoms with van der Waals surface area (Å²) in [5.41, 5.74) is 0.724. The van der Waals surface area contributed by atoms with Gasteiger partial charge in [-0.25, -0.2) is 8.78 Å². The van der Waals surface area contributed by atoms with Gasteiger partial charge < -0.3 is 10.1 Å². The van der Waals surface area contributed by atoms with Crippen LogP contribution in [0.4, 0.5) is 8.78 Å². The number of ether oxygens (including phenoxy) is 1. The van der Waals surface area contributed by atoms with E-state index in [1.54, 1.807) is 6.07 Å². The fourth-order valence-electron chi connectivity index (χ4n) is 1.99. The van der Waals surface area contributed by atoms with Gasteiger partial charge in [-0.1, -0.05) is 11.6 Å². The van der Waals surface area contributed by atoms with E-state index in [0.717, 1.165) is 18.4 Å². The normalized spacial score (nSPS) is 14.2. The molecule has 0 spiro atoms. The van der Waals surface area contributed by atoms with Crippen LogP contribution in [0, 0.1) is 11.6 Å².